The minimum absolute atomic E-state index is 0.0353. The summed E-state index contributed by atoms with van der Waals surface area (Å²) in [6.07, 6.45) is 7.71. The minimum atomic E-state index is 0.0353. The third-order valence-corrected chi connectivity index (χ3v) is 8.85. The highest BCUT2D eigenvalue weighted by atomic mass is 16.5. The van der Waals surface area contributed by atoms with E-state index in [1.54, 1.807) is 0 Å². The van der Waals surface area contributed by atoms with E-state index < -0.39 is 0 Å². The molecule has 0 fully saturated rings. The molecule has 4 aromatic carbocycles. The Morgan fingerprint density at radius 3 is 2.18 bits per heavy atom. The number of fused-ring (bicyclic) bond motifs is 8. The van der Waals surface area contributed by atoms with Crippen LogP contribution in [-0.2, 0) is 5.41 Å². The van der Waals surface area contributed by atoms with Gasteiger partial charge in [-0.25, -0.2) is 4.98 Å². The van der Waals surface area contributed by atoms with Crippen LogP contribution in [0.2, 0.25) is 0 Å². The van der Waals surface area contributed by atoms with Gasteiger partial charge in [0.2, 0.25) is 0 Å². The monoisotopic (exact) mass is 572 g/mol. The Morgan fingerprint density at radius 1 is 0.614 bits per heavy atom. The summed E-state index contributed by atoms with van der Waals surface area (Å²) in [6, 6.07) is 27.8. The Bertz CT molecular complexity index is 2430. The van der Waals surface area contributed by atoms with Gasteiger partial charge in [-0.1, -0.05) is 51.1 Å². The van der Waals surface area contributed by atoms with Crippen molar-refractivity contribution in [1.29, 1.82) is 0 Å². The lowest BCUT2D eigenvalue weighted by Crippen LogP contribution is -2.11. The molecule has 0 radical (unpaired) electrons. The van der Waals surface area contributed by atoms with E-state index in [0.29, 0.717) is 0 Å². The predicted octanol–water partition coefficient (Wildman–Crippen LogP) is 10.1. The maximum atomic E-state index is 6.58. The molecule has 0 atom stereocenters. The zero-order valence-electron chi connectivity index (χ0n) is 25.5. The maximum absolute atomic E-state index is 6.58. The van der Waals surface area contributed by atoms with Gasteiger partial charge in [-0.2, -0.15) is 0 Å². The van der Waals surface area contributed by atoms with E-state index in [1.807, 2.05) is 43.0 Å². The Balaban J connectivity index is 1.27. The van der Waals surface area contributed by atoms with Crippen LogP contribution in [0.4, 0.5) is 0 Å². The summed E-state index contributed by atoms with van der Waals surface area (Å²) in [5.41, 5.74) is 6.74. The van der Waals surface area contributed by atoms with Crippen LogP contribution in [0, 0.1) is 13.8 Å². The molecule has 0 N–H and O–H groups in total. The fourth-order valence-electron chi connectivity index (χ4n) is 6.21. The molecular weight excluding hydrogens is 540 g/mol. The van der Waals surface area contributed by atoms with Gasteiger partial charge in [0, 0.05) is 52.4 Å². The average molecular weight is 573 g/mol. The first-order valence-electron chi connectivity index (χ1n) is 15.0. The molecule has 8 rings (SSSR count). The van der Waals surface area contributed by atoms with Gasteiger partial charge < -0.3 is 4.74 Å². The lowest BCUT2D eigenvalue weighted by atomic mass is 9.87. The fraction of sp³-hybridized carbons (Fsp3) is 0.154. The zero-order valence-corrected chi connectivity index (χ0v) is 25.5. The number of ether oxygens (including phenoxy) is 1. The smallest absolute Gasteiger partial charge is 0.137 e. The molecule has 0 aliphatic carbocycles. The van der Waals surface area contributed by atoms with Crippen LogP contribution < -0.4 is 4.74 Å². The Morgan fingerprint density at radius 2 is 1.36 bits per heavy atom. The summed E-state index contributed by atoms with van der Waals surface area (Å²) in [5, 5.41) is 7.94. The number of pyridine rings is 3. The quantitative estimate of drug-likeness (QED) is 0.198. The lowest BCUT2D eigenvalue weighted by Gasteiger charge is -2.19. The molecule has 5 nitrogen and oxygen atoms in total. The molecule has 0 amide bonds. The van der Waals surface area contributed by atoms with Crippen molar-refractivity contribution in [2.75, 3.05) is 0 Å². The van der Waals surface area contributed by atoms with Crippen molar-refractivity contribution in [2.45, 2.75) is 40.0 Å². The number of hydrogen-bond donors (Lipinski definition) is 0. The van der Waals surface area contributed by atoms with Crippen molar-refractivity contribution >= 4 is 54.3 Å². The molecule has 4 aromatic heterocycles. The van der Waals surface area contributed by atoms with Crippen molar-refractivity contribution in [2.24, 2.45) is 0 Å². The number of nitrogens with zero attached hydrogens (tertiary/aromatic N) is 4. The van der Waals surface area contributed by atoms with Crippen molar-refractivity contribution < 1.29 is 4.74 Å². The molecule has 0 saturated heterocycles. The maximum Gasteiger partial charge on any atom is 0.137 e. The summed E-state index contributed by atoms with van der Waals surface area (Å²) in [5.74, 6) is 2.42. The fourth-order valence-corrected chi connectivity index (χ4v) is 6.21. The van der Waals surface area contributed by atoms with Gasteiger partial charge in [-0.05, 0) is 94.6 Å². The van der Waals surface area contributed by atoms with E-state index in [1.165, 1.54) is 22.1 Å². The van der Waals surface area contributed by atoms with Crippen LogP contribution >= 0.6 is 0 Å². The Kier molecular flexibility index (Phi) is 5.76. The summed E-state index contributed by atoms with van der Waals surface area (Å²) < 4.78 is 8.78. The van der Waals surface area contributed by atoms with Crippen molar-refractivity contribution in [3.05, 3.63) is 120 Å². The standard InChI is InChI=1S/C39H32N4O/c1-23-16-36(41-20-24(23)2)43-34-14-15-40-22-33(34)31-13-12-30(19-35(31)43)44-29-11-10-25-6-7-26-8-9-27-17-28(39(3,4)5)21-42-38(27)37(26)32(25)18-29/h6-22H,1-5H3. The molecule has 4 heterocycles. The second-order valence-electron chi connectivity index (χ2n) is 12.8. The molecule has 0 aliphatic rings. The second kappa shape index (κ2) is 9.61. The van der Waals surface area contributed by atoms with Crippen LogP contribution in [0.5, 0.6) is 11.5 Å². The summed E-state index contributed by atoms with van der Waals surface area (Å²) in [7, 11) is 0. The number of rotatable bonds is 3. The van der Waals surface area contributed by atoms with E-state index in [9.17, 15) is 0 Å². The van der Waals surface area contributed by atoms with Crippen molar-refractivity contribution in [1.82, 2.24) is 19.5 Å². The van der Waals surface area contributed by atoms with Gasteiger partial charge in [0.05, 0.1) is 16.6 Å². The number of hydrogen-bond acceptors (Lipinski definition) is 4. The third kappa shape index (κ3) is 4.19. The van der Waals surface area contributed by atoms with Crippen LogP contribution in [0.3, 0.4) is 0 Å². The number of benzene rings is 4. The highest BCUT2D eigenvalue weighted by Crippen LogP contribution is 2.38. The number of aromatic nitrogens is 4. The molecule has 44 heavy (non-hydrogen) atoms. The first-order valence-corrected chi connectivity index (χ1v) is 15.0. The van der Waals surface area contributed by atoms with Crippen LogP contribution in [0.25, 0.3) is 60.1 Å². The second-order valence-corrected chi connectivity index (χ2v) is 12.8. The molecule has 0 unspecified atom stereocenters. The van der Waals surface area contributed by atoms with Crippen molar-refractivity contribution in [3.8, 4) is 17.3 Å². The minimum Gasteiger partial charge on any atom is -0.457 e. The van der Waals surface area contributed by atoms with Crippen LogP contribution in [0.15, 0.2) is 104 Å². The molecule has 8 aromatic rings. The lowest BCUT2D eigenvalue weighted by molar-refractivity contribution is 0.484. The van der Waals surface area contributed by atoms with Gasteiger partial charge >= 0.3 is 0 Å². The molecule has 214 valence electrons. The molecule has 0 aliphatic heterocycles. The van der Waals surface area contributed by atoms with Gasteiger partial charge in [0.15, 0.2) is 0 Å². The highest BCUT2D eigenvalue weighted by Gasteiger charge is 2.17. The molecule has 0 spiro atoms. The predicted molar refractivity (Wildman–Crippen MR) is 181 cm³/mol. The largest absolute Gasteiger partial charge is 0.457 e. The van der Waals surface area contributed by atoms with Gasteiger partial charge in [0.1, 0.15) is 17.3 Å². The van der Waals surface area contributed by atoms with E-state index in [-0.39, 0.29) is 5.41 Å². The Labute approximate surface area is 255 Å². The first kappa shape index (κ1) is 26.3. The third-order valence-electron chi connectivity index (χ3n) is 8.85. The van der Waals surface area contributed by atoms with Gasteiger partial charge in [0.25, 0.3) is 0 Å². The number of aryl methyl sites for hydroxylation is 2. The highest BCUT2D eigenvalue weighted by molar-refractivity contribution is 6.19. The van der Waals surface area contributed by atoms with Crippen LogP contribution in [-0.4, -0.2) is 19.5 Å². The Hall–Kier alpha value is -5.29. The summed E-state index contributed by atoms with van der Waals surface area (Å²) in [4.78, 5) is 14.2. The molecule has 0 bridgehead atoms. The summed E-state index contributed by atoms with van der Waals surface area (Å²) >= 11 is 0. The van der Waals surface area contributed by atoms with Crippen LogP contribution in [0.1, 0.15) is 37.5 Å². The first-order chi connectivity index (χ1) is 21.2. The molecular formula is C39H32N4O. The van der Waals surface area contributed by atoms with Crippen molar-refractivity contribution in [3.63, 3.8) is 0 Å². The molecule has 5 heteroatoms. The molecule has 0 saturated carbocycles. The van der Waals surface area contributed by atoms with E-state index >= 15 is 0 Å². The van der Waals surface area contributed by atoms with E-state index in [2.05, 4.69) is 105 Å². The van der Waals surface area contributed by atoms with E-state index in [4.69, 9.17) is 14.7 Å². The topological polar surface area (TPSA) is 52.8 Å². The zero-order chi connectivity index (χ0) is 30.2. The normalized spacial score (nSPS) is 12.2. The average Bonchev–Trinajstić information content (AvgIpc) is 3.35. The van der Waals surface area contributed by atoms with Gasteiger partial charge in [-0.15, -0.1) is 0 Å². The summed E-state index contributed by atoms with van der Waals surface area (Å²) in [6.45, 7) is 10.9. The SMILES string of the molecule is Cc1cnc(-n2c3ccncc3c3ccc(Oc4ccc5ccc6ccc7cc(C(C)(C)C)cnc7c6c5c4)cc32)cc1C. The van der Waals surface area contributed by atoms with E-state index in [0.717, 1.165) is 66.2 Å². The van der Waals surface area contributed by atoms with Gasteiger partial charge in [-0.3, -0.25) is 14.5 Å².